The monoisotopic (exact) mass is 349 g/mol. The summed E-state index contributed by atoms with van der Waals surface area (Å²) in [6.07, 6.45) is 3.31. The summed E-state index contributed by atoms with van der Waals surface area (Å²) in [4.78, 5) is 26.8. The van der Waals surface area contributed by atoms with Gasteiger partial charge in [0.05, 0.1) is 5.75 Å². The van der Waals surface area contributed by atoms with Gasteiger partial charge in [0.25, 0.3) is 0 Å². The van der Waals surface area contributed by atoms with Crippen LogP contribution < -0.4 is 11.1 Å². The van der Waals surface area contributed by atoms with E-state index in [1.54, 1.807) is 0 Å². The molecule has 2 rings (SSSR count). The Morgan fingerprint density at radius 3 is 2.54 bits per heavy atom. The van der Waals surface area contributed by atoms with Gasteiger partial charge in [-0.15, -0.1) is 11.8 Å². The third-order valence-corrected chi connectivity index (χ3v) is 5.54. The minimum absolute atomic E-state index is 0.129. The van der Waals surface area contributed by atoms with Crippen molar-refractivity contribution >= 4 is 29.3 Å². The van der Waals surface area contributed by atoms with Crippen LogP contribution in [0, 0.1) is 0 Å². The lowest BCUT2D eigenvalue weighted by molar-refractivity contribution is -0.137. The fraction of sp³-hybridized carbons (Fsp3) is 0.556. The molecule has 0 spiro atoms. The van der Waals surface area contributed by atoms with Crippen molar-refractivity contribution in [3.63, 3.8) is 0 Å². The first kappa shape index (κ1) is 18.6. The summed E-state index contributed by atoms with van der Waals surface area (Å²) >= 11 is 1.38. The second-order valence-electron chi connectivity index (χ2n) is 6.49. The Morgan fingerprint density at radius 2 is 1.92 bits per heavy atom. The first-order valence-corrected chi connectivity index (χ1v) is 9.47. The first-order chi connectivity index (χ1) is 11.4. The van der Waals surface area contributed by atoms with Crippen molar-refractivity contribution in [3.05, 3.63) is 24.3 Å². The number of amides is 2. The van der Waals surface area contributed by atoms with E-state index in [1.165, 1.54) is 18.2 Å². The molecule has 6 heteroatoms. The van der Waals surface area contributed by atoms with Gasteiger partial charge in [-0.25, -0.2) is 0 Å². The summed E-state index contributed by atoms with van der Waals surface area (Å²) in [7, 11) is 0. The number of para-hydroxylation sites is 1. The maximum Gasteiger partial charge on any atom is 0.245 e. The lowest BCUT2D eigenvalue weighted by Gasteiger charge is -2.40. The first-order valence-electron chi connectivity index (χ1n) is 8.49. The second kappa shape index (κ2) is 8.42. The van der Waals surface area contributed by atoms with Crippen molar-refractivity contribution in [1.82, 2.24) is 4.90 Å². The Hall–Kier alpha value is -1.69. The van der Waals surface area contributed by atoms with Crippen molar-refractivity contribution in [2.75, 3.05) is 11.1 Å². The van der Waals surface area contributed by atoms with Gasteiger partial charge < -0.3 is 16.0 Å². The predicted molar refractivity (Wildman–Crippen MR) is 99.1 cm³/mol. The Morgan fingerprint density at radius 1 is 1.29 bits per heavy atom. The molecule has 1 heterocycles. The number of rotatable bonds is 6. The van der Waals surface area contributed by atoms with E-state index in [0.29, 0.717) is 0 Å². The van der Waals surface area contributed by atoms with Crippen LogP contribution in [0.4, 0.5) is 5.69 Å². The average Bonchev–Trinajstić information content (AvgIpc) is 2.53. The number of hydrogen-bond donors (Lipinski definition) is 2. The lowest BCUT2D eigenvalue weighted by atomic mass is 9.96. The van der Waals surface area contributed by atoms with Crippen LogP contribution >= 0.6 is 11.8 Å². The smallest absolute Gasteiger partial charge is 0.245 e. The topological polar surface area (TPSA) is 75.4 Å². The molecular weight excluding hydrogens is 322 g/mol. The number of carbonyl (C=O) groups is 2. The zero-order valence-electron chi connectivity index (χ0n) is 14.6. The highest BCUT2D eigenvalue weighted by molar-refractivity contribution is 8.00. The fourth-order valence-corrected chi connectivity index (χ4v) is 3.99. The Labute approximate surface area is 148 Å². The average molecular weight is 350 g/mol. The zero-order chi connectivity index (χ0) is 17.7. The van der Waals surface area contributed by atoms with Crippen LogP contribution in [-0.2, 0) is 9.59 Å². The summed E-state index contributed by atoms with van der Waals surface area (Å²) in [6, 6.07) is 7.93. The van der Waals surface area contributed by atoms with Gasteiger partial charge in [0.1, 0.15) is 6.04 Å². The normalized spacial score (nSPS) is 22.0. The van der Waals surface area contributed by atoms with E-state index in [4.69, 9.17) is 5.73 Å². The summed E-state index contributed by atoms with van der Waals surface area (Å²) < 4.78 is 0. The summed E-state index contributed by atoms with van der Waals surface area (Å²) in [5, 5.41) is 3.31. The van der Waals surface area contributed by atoms with Crippen LogP contribution in [0.2, 0.25) is 0 Å². The number of benzene rings is 1. The van der Waals surface area contributed by atoms with Gasteiger partial charge >= 0.3 is 0 Å². The van der Waals surface area contributed by atoms with Crippen molar-refractivity contribution < 1.29 is 9.59 Å². The van der Waals surface area contributed by atoms with E-state index >= 15 is 0 Å². The van der Waals surface area contributed by atoms with Crippen molar-refractivity contribution in [2.45, 2.75) is 63.1 Å². The molecule has 0 saturated carbocycles. The van der Waals surface area contributed by atoms with Crippen LogP contribution in [0.15, 0.2) is 29.2 Å². The SMILES string of the molecule is C[C@@H]1CCC[C@@H](C)N1C(=O)[C@@H](C)Nc1ccccc1SCC(N)=O. The maximum absolute atomic E-state index is 12.9. The van der Waals surface area contributed by atoms with Gasteiger partial charge in [0.15, 0.2) is 0 Å². The zero-order valence-corrected chi connectivity index (χ0v) is 15.4. The van der Waals surface area contributed by atoms with E-state index in [9.17, 15) is 9.59 Å². The van der Waals surface area contributed by atoms with E-state index in [-0.39, 0.29) is 35.7 Å². The summed E-state index contributed by atoms with van der Waals surface area (Å²) in [5.74, 6) is 0.000555. The van der Waals surface area contributed by atoms with E-state index in [0.717, 1.165) is 23.4 Å². The molecule has 132 valence electrons. The van der Waals surface area contributed by atoms with Gasteiger partial charge in [0.2, 0.25) is 11.8 Å². The van der Waals surface area contributed by atoms with Crippen LogP contribution in [0.25, 0.3) is 0 Å². The van der Waals surface area contributed by atoms with Crippen molar-refractivity contribution in [1.29, 1.82) is 0 Å². The van der Waals surface area contributed by atoms with Crippen LogP contribution in [0.5, 0.6) is 0 Å². The standard InChI is InChI=1S/C18H27N3O2S/c1-12-7-6-8-13(2)21(12)18(23)14(3)20-15-9-4-5-10-16(15)24-11-17(19)22/h4-5,9-10,12-14,20H,6-8,11H2,1-3H3,(H2,19,22)/t12-,13-,14-/m1/s1. The number of primary amides is 1. The largest absolute Gasteiger partial charge is 0.373 e. The number of carbonyl (C=O) groups excluding carboxylic acids is 2. The summed E-state index contributed by atoms with van der Waals surface area (Å²) in [5.41, 5.74) is 6.09. The number of nitrogens with two attached hydrogens (primary N) is 1. The number of piperidine rings is 1. The molecule has 0 aromatic heterocycles. The molecule has 1 aliphatic heterocycles. The van der Waals surface area contributed by atoms with Gasteiger partial charge in [-0.05, 0) is 52.2 Å². The number of nitrogens with zero attached hydrogens (tertiary/aromatic N) is 1. The number of nitrogens with one attached hydrogen (secondary N) is 1. The van der Waals surface area contributed by atoms with Crippen molar-refractivity contribution in [3.8, 4) is 0 Å². The number of hydrogen-bond acceptors (Lipinski definition) is 4. The highest BCUT2D eigenvalue weighted by atomic mass is 32.2. The Balaban J connectivity index is 2.07. The van der Waals surface area contributed by atoms with Gasteiger partial charge in [-0.1, -0.05) is 12.1 Å². The van der Waals surface area contributed by atoms with Crippen molar-refractivity contribution in [2.24, 2.45) is 5.73 Å². The molecule has 0 bridgehead atoms. The molecule has 1 fully saturated rings. The third kappa shape index (κ3) is 4.66. The summed E-state index contributed by atoms with van der Waals surface area (Å²) in [6.45, 7) is 6.14. The van der Waals surface area contributed by atoms with Gasteiger partial charge in [0, 0.05) is 22.7 Å². The second-order valence-corrected chi connectivity index (χ2v) is 7.51. The Kier molecular flexibility index (Phi) is 6.54. The van der Waals surface area contributed by atoms with E-state index in [2.05, 4.69) is 19.2 Å². The Bertz CT molecular complexity index is 583. The molecule has 1 aliphatic rings. The maximum atomic E-state index is 12.9. The molecule has 0 unspecified atom stereocenters. The fourth-order valence-electron chi connectivity index (χ4n) is 3.23. The molecule has 1 saturated heterocycles. The third-order valence-electron chi connectivity index (χ3n) is 4.45. The highest BCUT2D eigenvalue weighted by Crippen LogP contribution is 2.28. The predicted octanol–water partition coefficient (Wildman–Crippen LogP) is 2.85. The highest BCUT2D eigenvalue weighted by Gasteiger charge is 2.31. The quantitative estimate of drug-likeness (QED) is 0.775. The molecule has 3 atom stereocenters. The van der Waals surface area contributed by atoms with Crippen LogP contribution in [0.1, 0.15) is 40.0 Å². The molecule has 3 N–H and O–H groups in total. The molecular formula is C18H27N3O2S. The lowest BCUT2D eigenvalue weighted by Crippen LogP contribution is -2.52. The molecule has 0 radical (unpaired) electrons. The number of likely N-dealkylation sites (tertiary alicyclic amines) is 1. The van der Waals surface area contributed by atoms with Gasteiger partial charge in [-0.2, -0.15) is 0 Å². The molecule has 1 aromatic carbocycles. The van der Waals surface area contributed by atoms with Crippen LogP contribution in [-0.4, -0.2) is 40.6 Å². The molecule has 1 aromatic rings. The number of anilines is 1. The molecule has 0 aliphatic carbocycles. The van der Waals surface area contributed by atoms with E-state index < -0.39 is 0 Å². The van der Waals surface area contributed by atoms with Gasteiger partial charge in [-0.3, -0.25) is 9.59 Å². The molecule has 5 nitrogen and oxygen atoms in total. The van der Waals surface area contributed by atoms with Crippen LogP contribution in [0.3, 0.4) is 0 Å². The molecule has 24 heavy (non-hydrogen) atoms. The minimum Gasteiger partial charge on any atom is -0.373 e. The number of thioether (sulfide) groups is 1. The minimum atomic E-state index is -0.352. The molecule has 2 amide bonds. The van der Waals surface area contributed by atoms with E-state index in [1.807, 2.05) is 36.1 Å².